The van der Waals surface area contributed by atoms with Gasteiger partial charge in [0.05, 0.1) is 12.8 Å². The number of nitrogens with zero attached hydrogens (tertiary/aromatic N) is 4. The van der Waals surface area contributed by atoms with E-state index in [1.807, 2.05) is 33.5 Å². The maximum absolute atomic E-state index is 9.98. The second kappa shape index (κ2) is 8.17. The number of halogens is 1. The van der Waals surface area contributed by atoms with Crippen LogP contribution in [0.4, 0.5) is 0 Å². The van der Waals surface area contributed by atoms with Gasteiger partial charge in [-0.2, -0.15) is 0 Å². The molecule has 0 radical (unpaired) electrons. The van der Waals surface area contributed by atoms with Crippen molar-refractivity contribution in [1.29, 1.82) is 0 Å². The van der Waals surface area contributed by atoms with Gasteiger partial charge in [-0.25, -0.2) is 4.68 Å². The van der Waals surface area contributed by atoms with Crippen molar-refractivity contribution in [3.05, 3.63) is 63.9 Å². The quantitative estimate of drug-likeness (QED) is 0.641. The normalized spacial score (nSPS) is 17.8. The topological polar surface area (TPSA) is 46.2 Å². The van der Waals surface area contributed by atoms with Crippen LogP contribution in [0.1, 0.15) is 18.4 Å². The van der Waals surface area contributed by atoms with E-state index in [1.165, 1.54) is 5.56 Å². The number of aromatic nitrogens is 3. The lowest BCUT2D eigenvalue weighted by atomic mass is 10.1. The van der Waals surface area contributed by atoms with Gasteiger partial charge in [0.2, 0.25) is 4.77 Å². The number of aliphatic hydroxyl groups excluding tert-OH is 1. The highest BCUT2D eigenvalue weighted by atomic mass is 35.5. The average molecular weight is 415 g/mol. The van der Waals surface area contributed by atoms with Gasteiger partial charge in [0.1, 0.15) is 0 Å². The Labute approximate surface area is 174 Å². The highest BCUT2D eigenvalue weighted by molar-refractivity contribution is 7.71. The zero-order valence-corrected chi connectivity index (χ0v) is 17.3. The molecule has 2 aromatic carbocycles. The predicted octanol–water partition coefficient (Wildman–Crippen LogP) is 4.45. The number of rotatable bonds is 4. The molecule has 4 rings (SSSR count). The first kappa shape index (κ1) is 19.3. The van der Waals surface area contributed by atoms with Crippen molar-refractivity contribution in [2.45, 2.75) is 32.5 Å². The van der Waals surface area contributed by atoms with E-state index in [4.69, 9.17) is 28.9 Å². The van der Waals surface area contributed by atoms with Crippen LogP contribution in [0.25, 0.3) is 17.1 Å². The largest absolute Gasteiger partial charge is 0.392 e. The van der Waals surface area contributed by atoms with Gasteiger partial charge in [-0.3, -0.25) is 9.47 Å². The van der Waals surface area contributed by atoms with Gasteiger partial charge < -0.3 is 5.11 Å². The number of likely N-dealkylation sites (tertiary alicyclic amines) is 1. The van der Waals surface area contributed by atoms with Gasteiger partial charge in [0.25, 0.3) is 0 Å². The lowest BCUT2D eigenvalue weighted by Gasteiger charge is -2.29. The molecule has 7 heteroatoms. The molecule has 2 heterocycles. The number of benzene rings is 2. The van der Waals surface area contributed by atoms with E-state index in [2.05, 4.69) is 36.1 Å². The van der Waals surface area contributed by atoms with Crippen LogP contribution in [0.15, 0.2) is 48.5 Å². The molecular formula is C21H23ClN4OS. The molecular weight excluding hydrogens is 392 g/mol. The van der Waals surface area contributed by atoms with Gasteiger partial charge >= 0.3 is 0 Å². The summed E-state index contributed by atoms with van der Waals surface area (Å²) < 4.78 is 4.48. The molecule has 3 aromatic rings. The Bertz CT molecular complexity index is 1010. The average Bonchev–Trinajstić information content (AvgIpc) is 2.99. The molecule has 1 aliphatic heterocycles. The fourth-order valence-corrected chi connectivity index (χ4v) is 3.98. The van der Waals surface area contributed by atoms with Crippen LogP contribution in [0, 0.1) is 11.7 Å². The van der Waals surface area contributed by atoms with Crippen molar-refractivity contribution in [3.8, 4) is 17.1 Å². The minimum absolute atomic E-state index is 0.280. The van der Waals surface area contributed by atoms with Gasteiger partial charge in [-0.1, -0.05) is 29.3 Å². The van der Waals surface area contributed by atoms with Crippen LogP contribution in [0.3, 0.4) is 0 Å². The smallest absolute Gasteiger partial charge is 0.204 e. The molecule has 1 atom stereocenters. The molecule has 0 amide bonds. The van der Waals surface area contributed by atoms with E-state index in [0.717, 1.165) is 36.5 Å². The minimum Gasteiger partial charge on any atom is -0.392 e. The maximum atomic E-state index is 9.98. The summed E-state index contributed by atoms with van der Waals surface area (Å²) >= 11 is 11.9. The molecule has 28 heavy (non-hydrogen) atoms. The SMILES string of the molecule is Cc1ccc(-n2c(-c3ccc(Cl)cc3)nn(CN3CCC[C@@H](O)C3)c2=S)cc1. The first-order valence-corrected chi connectivity index (χ1v) is 10.2. The van der Waals surface area contributed by atoms with Crippen LogP contribution in [0.2, 0.25) is 5.02 Å². The van der Waals surface area contributed by atoms with Crippen molar-refractivity contribution in [2.24, 2.45) is 0 Å². The summed E-state index contributed by atoms with van der Waals surface area (Å²) in [5, 5.41) is 15.5. The fraction of sp³-hybridized carbons (Fsp3) is 0.333. The molecule has 1 fully saturated rings. The van der Waals surface area contributed by atoms with E-state index in [1.54, 1.807) is 0 Å². The maximum Gasteiger partial charge on any atom is 0.204 e. The molecule has 0 bridgehead atoms. The zero-order chi connectivity index (χ0) is 19.7. The summed E-state index contributed by atoms with van der Waals surface area (Å²) in [6.07, 6.45) is 1.56. The van der Waals surface area contributed by atoms with E-state index >= 15 is 0 Å². The summed E-state index contributed by atoms with van der Waals surface area (Å²) in [5.74, 6) is 0.781. The molecule has 1 aliphatic rings. The van der Waals surface area contributed by atoms with Crippen LogP contribution < -0.4 is 0 Å². The summed E-state index contributed by atoms with van der Waals surface area (Å²) in [7, 11) is 0. The summed E-state index contributed by atoms with van der Waals surface area (Å²) in [4.78, 5) is 2.20. The molecule has 1 saturated heterocycles. The molecule has 5 nitrogen and oxygen atoms in total. The Kier molecular flexibility index (Phi) is 5.64. The van der Waals surface area contributed by atoms with E-state index < -0.39 is 0 Å². The summed E-state index contributed by atoms with van der Waals surface area (Å²) in [5.41, 5.74) is 3.12. The molecule has 1 N–H and O–H groups in total. The van der Waals surface area contributed by atoms with Gasteiger partial charge in [-0.05, 0) is 68.4 Å². The van der Waals surface area contributed by atoms with Crippen molar-refractivity contribution in [2.75, 3.05) is 13.1 Å². The number of hydrogen-bond acceptors (Lipinski definition) is 4. The standard InChI is InChI=1S/C21H23ClN4OS/c1-15-4-10-18(11-5-15)26-20(16-6-8-17(22)9-7-16)23-25(21(26)28)14-24-12-2-3-19(27)13-24/h4-11,19,27H,2-3,12-14H2,1H3/t19-/m1/s1. The molecule has 1 aromatic heterocycles. The first-order valence-electron chi connectivity index (χ1n) is 9.44. The van der Waals surface area contributed by atoms with Gasteiger partial charge in [0.15, 0.2) is 5.82 Å². The highest BCUT2D eigenvalue weighted by Gasteiger charge is 2.20. The predicted molar refractivity (Wildman–Crippen MR) is 114 cm³/mol. The Morgan fingerprint density at radius 1 is 1.14 bits per heavy atom. The number of β-amino-alcohol motifs (C(OH)–C–C–N with tert-alkyl or cyclic N) is 1. The van der Waals surface area contributed by atoms with Crippen LogP contribution in [-0.4, -0.2) is 43.5 Å². The number of hydrogen-bond donors (Lipinski definition) is 1. The van der Waals surface area contributed by atoms with E-state index in [9.17, 15) is 5.11 Å². The van der Waals surface area contributed by atoms with Crippen LogP contribution >= 0.6 is 23.8 Å². The summed E-state index contributed by atoms with van der Waals surface area (Å²) in [6, 6.07) is 15.9. The minimum atomic E-state index is -0.280. The second-order valence-corrected chi connectivity index (χ2v) is 8.10. The molecule has 0 spiro atoms. The first-order chi connectivity index (χ1) is 13.5. The number of aryl methyl sites for hydroxylation is 1. The monoisotopic (exact) mass is 414 g/mol. The van der Waals surface area contributed by atoms with Crippen LogP contribution in [0.5, 0.6) is 0 Å². The Balaban J connectivity index is 1.78. The molecule has 146 valence electrons. The van der Waals surface area contributed by atoms with Crippen molar-refractivity contribution < 1.29 is 5.11 Å². The molecule has 0 aliphatic carbocycles. The Hall–Kier alpha value is -1.99. The lowest BCUT2D eigenvalue weighted by molar-refractivity contribution is 0.0513. The third kappa shape index (κ3) is 4.05. The Morgan fingerprint density at radius 2 is 1.86 bits per heavy atom. The third-order valence-corrected chi connectivity index (χ3v) is 5.69. The van der Waals surface area contributed by atoms with Gasteiger partial charge in [-0.15, -0.1) is 5.10 Å². The van der Waals surface area contributed by atoms with Crippen LogP contribution in [-0.2, 0) is 6.67 Å². The van der Waals surface area contributed by atoms with Gasteiger partial charge in [0, 0.05) is 29.4 Å². The Morgan fingerprint density at radius 3 is 2.54 bits per heavy atom. The summed E-state index contributed by atoms with van der Waals surface area (Å²) in [6.45, 7) is 4.21. The second-order valence-electron chi connectivity index (χ2n) is 7.30. The van der Waals surface area contributed by atoms with E-state index in [0.29, 0.717) is 23.0 Å². The third-order valence-electron chi connectivity index (χ3n) is 5.05. The van der Waals surface area contributed by atoms with Crippen molar-refractivity contribution in [3.63, 3.8) is 0 Å². The molecule has 0 saturated carbocycles. The highest BCUT2D eigenvalue weighted by Crippen LogP contribution is 2.25. The van der Waals surface area contributed by atoms with Crippen molar-refractivity contribution >= 4 is 23.8 Å². The zero-order valence-electron chi connectivity index (χ0n) is 15.8. The number of aliphatic hydroxyl groups is 1. The van der Waals surface area contributed by atoms with E-state index in [-0.39, 0.29) is 6.10 Å². The van der Waals surface area contributed by atoms with Crippen molar-refractivity contribution in [1.82, 2.24) is 19.2 Å². The lowest BCUT2D eigenvalue weighted by Crippen LogP contribution is -2.39. The molecule has 0 unspecified atom stereocenters. The number of piperidine rings is 1. The fourth-order valence-electron chi connectivity index (χ4n) is 3.56.